The molecule has 0 aliphatic carbocycles. The Morgan fingerprint density at radius 3 is 2.87 bits per heavy atom. The molecule has 4 heteroatoms. The van der Waals surface area contributed by atoms with Crippen LogP contribution < -0.4 is 5.32 Å². The normalized spacial score (nSPS) is 37.0. The average Bonchev–Trinajstić information content (AvgIpc) is 2.63. The predicted octanol–water partition coefficient (Wildman–Crippen LogP) is 0.801. The van der Waals surface area contributed by atoms with Gasteiger partial charge in [0.1, 0.15) is 0 Å². The quantitative estimate of drug-likeness (QED) is 0.758. The van der Waals surface area contributed by atoms with E-state index in [4.69, 9.17) is 4.74 Å². The highest BCUT2D eigenvalue weighted by Crippen LogP contribution is 2.25. The first-order valence-corrected chi connectivity index (χ1v) is 7.03. The van der Waals surface area contributed by atoms with E-state index < -0.39 is 0 Å². The second kappa shape index (κ2) is 4.62. The highest BCUT2D eigenvalue weighted by molar-refractivity contribution is 7.99. The standard InChI is InChI=1S/C11H22N2OS/c1-11(2)8-13(4-5-14-11)9-6-12-7-10(9)15-3/h9-10,12H,4-8H2,1-3H3. The number of nitrogens with zero attached hydrogens (tertiary/aromatic N) is 1. The molecule has 0 bridgehead atoms. The van der Waals surface area contributed by atoms with Gasteiger partial charge < -0.3 is 10.1 Å². The second-order valence-electron chi connectivity index (χ2n) is 5.08. The molecule has 2 aliphatic heterocycles. The molecule has 2 unspecified atom stereocenters. The highest BCUT2D eigenvalue weighted by Gasteiger charge is 2.36. The molecule has 0 aromatic heterocycles. The molecule has 15 heavy (non-hydrogen) atoms. The third-order valence-corrected chi connectivity index (χ3v) is 4.44. The van der Waals surface area contributed by atoms with Crippen LogP contribution in [0.4, 0.5) is 0 Å². The molecule has 88 valence electrons. The number of thioether (sulfide) groups is 1. The van der Waals surface area contributed by atoms with Crippen molar-refractivity contribution < 1.29 is 4.74 Å². The zero-order valence-electron chi connectivity index (χ0n) is 9.95. The van der Waals surface area contributed by atoms with E-state index in [0.29, 0.717) is 6.04 Å². The molecular formula is C11H22N2OS. The fourth-order valence-electron chi connectivity index (χ4n) is 2.58. The summed E-state index contributed by atoms with van der Waals surface area (Å²) in [7, 11) is 0. The van der Waals surface area contributed by atoms with Crippen LogP contribution in [0, 0.1) is 0 Å². The molecule has 2 aliphatic rings. The van der Waals surface area contributed by atoms with Crippen LogP contribution >= 0.6 is 11.8 Å². The molecule has 2 saturated heterocycles. The number of ether oxygens (including phenoxy) is 1. The van der Waals surface area contributed by atoms with Gasteiger partial charge in [-0.2, -0.15) is 11.8 Å². The molecule has 0 saturated carbocycles. The second-order valence-corrected chi connectivity index (χ2v) is 6.16. The summed E-state index contributed by atoms with van der Waals surface area (Å²) in [5.74, 6) is 0. The van der Waals surface area contributed by atoms with Crippen LogP contribution in [0.15, 0.2) is 0 Å². The van der Waals surface area contributed by atoms with Gasteiger partial charge in [-0.05, 0) is 20.1 Å². The zero-order chi connectivity index (χ0) is 10.9. The molecule has 2 atom stereocenters. The van der Waals surface area contributed by atoms with E-state index in [1.807, 2.05) is 11.8 Å². The van der Waals surface area contributed by atoms with E-state index >= 15 is 0 Å². The van der Waals surface area contributed by atoms with E-state index in [2.05, 4.69) is 30.3 Å². The number of nitrogens with one attached hydrogen (secondary N) is 1. The first kappa shape index (κ1) is 11.7. The predicted molar refractivity (Wildman–Crippen MR) is 65.6 cm³/mol. The Hall–Kier alpha value is 0.230. The summed E-state index contributed by atoms with van der Waals surface area (Å²) in [5, 5.41) is 4.24. The highest BCUT2D eigenvalue weighted by atomic mass is 32.2. The van der Waals surface area contributed by atoms with Crippen LogP contribution in [0.5, 0.6) is 0 Å². The summed E-state index contributed by atoms with van der Waals surface area (Å²) in [5.41, 5.74) is 0.0315. The summed E-state index contributed by atoms with van der Waals surface area (Å²) in [6.45, 7) is 9.71. The van der Waals surface area contributed by atoms with Crippen molar-refractivity contribution in [3.63, 3.8) is 0 Å². The number of morpholine rings is 1. The lowest BCUT2D eigenvalue weighted by Crippen LogP contribution is -2.54. The van der Waals surface area contributed by atoms with Crippen molar-refractivity contribution in [2.75, 3.05) is 39.0 Å². The molecule has 2 fully saturated rings. The molecule has 3 nitrogen and oxygen atoms in total. The average molecular weight is 230 g/mol. The lowest BCUT2D eigenvalue weighted by atomic mass is 10.1. The van der Waals surface area contributed by atoms with E-state index in [1.165, 1.54) is 0 Å². The Morgan fingerprint density at radius 1 is 1.40 bits per heavy atom. The van der Waals surface area contributed by atoms with Gasteiger partial charge in [-0.1, -0.05) is 0 Å². The van der Waals surface area contributed by atoms with Crippen LogP contribution in [0.2, 0.25) is 0 Å². The first-order chi connectivity index (χ1) is 7.12. The maximum absolute atomic E-state index is 5.76. The fraction of sp³-hybridized carbons (Fsp3) is 1.00. The number of hydrogen-bond acceptors (Lipinski definition) is 4. The van der Waals surface area contributed by atoms with Gasteiger partial charge in [-0.3, -0.25) is 4.90 Å². The largest absolute Gasteiger partial charge is 0.373 e. The van der Waals surface area contributed by atoms with Gasteiger partial charge in [0.15, 0.2) is 0 Å². The molecule has 1 N–H and O–H groups in total. The molecule has 0 aromatic rings. The smallest absolute Gasteiger partial charge is 0.0753 e. The Morgan fingerprint density at radius 2 is 2.20 bits per heavy atom. The summed E-state index contributed by atoms with van der Waals surface area (Å²) in [6, 6.07) is 0.697. The fourth-order valence-corrected chi connectivity index (χ4v) is 3.45. The Labute approximate surface area is 96.9 Å². The van der Waals surface area contributed by atoms with Gasteiger partial charge in [0.05, 0.1) is 12.2 Å². The molecule has 0 radical (unpaired) electrons. The minimum Gasteiger partial charge on any atom is -0.373 e. The SMILES string of the molecule is CSC1CNCC1N1CCOC(C)(C)C1. The van der Waals surface area contributed by atoms with Crippen LogP contribution in [-0.4, -0.2) is 60.8 Å². The first-order valence-electron chi connectivity index (χ1n) is 5.74. The van der Waals surface area contributed by atoms with E-state index in [1.54, 1.807) is 0 Å². The van der Waals surface area contributed by atoms with Crippen molar-refractivity contribution in [2.24, 2.45) is 0 Å². The maximum atomic E-state index is 5.76. The van der Waals surface area contributed by atoms with Crippen molar-refractivity contribution in [3.05, 3.63) is 0 Å². The van der Waals surface area contributed by atoms with Crippen LogP contribution in [0.25, 0.3) is 0 Å². The van der Waals surface area contributed by atoms with Crippen molar-refractivity contribution >= 4 is 11.8 Å². The summed E-state index contributed by atoms with van der Waals surface area (Å²) < 4.78 is 5.76. The number of hydrogen-bond donors (Lipinski definition) is 1. The van der Waals surface area contributed by atoms with Crippen LogP contribution in [0.3, 0.4) is 0 Å². The van der Waals surface area contributed by atoms with Crippen LogP contribution in [0.1, 0.15) is 13.8 Å². The van der Waals surface area contributed by atoms with Gasteiger partial charge in [-0.15, -0.1) is 0 Å². The van der Waals surface area contributed by atoms with Gasteiger partial charge >= 0.3 is 0 Å². The minimum atomic E-state index is 0.0315. The summed E-state index contributed by atoms with van der Waals surface area (Å²) >= 11 is 1.99. The Bertz CT molecular complexity index is 223. The topological polar surface area (TPSA) is 24.5 Å². The van der Waals surface area contributed by atoms with Crippen molar-refractivity contribution in [3.8, 4) is 0 Å². The van der Waals surface area contributed by atoms with Crippen molar-refractivity contribution in [1.29, 1.82) is 0 Å². The van der Waals surface area contributed by atoms with E-state index in [-0.39, 0.29) is 5.60 Å². The summed E-state index contributed by atoms with van der Waals surface area (Å²) in [4.78, 5) is 2.60. The molecule has 2 rings (SSSR count). The third-order valence-electron chi connectivity index (χ3n) is 3.36. The van der Waals surface area contributed by atoms with Gasteiger partial charge in [0.2, 0.25) is 0 Å². The van der Waals surface area contributed by atoms with Crippen molar-refractivity contribution in [1.82, 2.24) is 10.2 Å². The lowest BCUT2D eigenvalue weighted by Gasteiger charge is -2.42. The number of rotatable bonds is 2. The van der Waals surface area contributed by atoms with Gasteiger partial charge in [-0.25, -0.2) is 0 Å². The van der Waals surface area contributed by atoms with Crippen LogP contribution in [-0.2, 0) is 4.74 Å². The molecule has 0 aromatic carbocycles. The molecule has 0 amide bonds. The van der Waals surface area contributed by atoms with Gasteiger partial charge in [0.25, 0.3) is 0 Å². The zero-order valence-corrected chi connectivity index (χ0v) is 10.8. The van der Waals surface area contributed by atoms with E-state index in [9.17, 15) is 0 Å². The molecule has 2 heterocycles. The van der Waals surface area contributed by atoms with Crippen molar-refractivity contribution in [2.45, 2.75) is 30.7 Å². The maximum Gasteiger partial charge on any atom is 0.0753 e. The third kappa shape index (κ3) is 2.67. The lowest BCUT2D eigenvalue weighted by molar-refractivity contribution is -0.0946. The van der Waals surface area contributed by atoms with E-state index in [0.717, 1.165) is 38.0 Å². The Kier molecular flexibility index (Phi) is 3.60. The molecule has 0 spiro atoms. The minimum absolute atomic E-state index is 0.0315. The summed E-state index contributed by atoms with van der Waals surface area (Å²) in [6.07, 6.45) is 2.22. The molecular weight excluding hydrogens is 208 g/mol. The monoisotopic (exact) mass is 230 g/mol. The Balaban J connectivity index is 1.97. The van der Waals surface area contributed by atoms with Gasteiger partial charge in [0, 0.05) is 37.5 Å².